The predicted octanol–water partition coefficient (Wildman–Crippen LogP) is 3.01. The Hall–Kier alpha value is -1.55. The fourth-order valence-corrected chi connectivity index (χ4v) is 4.50. The molecule has 0 bridgehead atoms. The molecule has 180 valence electrons. The van der Waals surface area contributed by atoms with E-state index in [-0.39, 0.29) is 41.8 Å². The highest BCUT2D eigenvalue weighted by atomic mass is 127. The average Bonchev–Trinajstić information content (AvgIpc) is 3.35. The third kappa shape index (κ3) is 6.73. The van der Waals surface area contributed by atoms with Crippen molar-refractivity contribution >= 4 is 35.8 Å². The standard InChI is InChI=1S/C24H39N5O2.HI/c1-5-25-24(26-18-19(2)21-10-6-7-11-22(21)31-4)29-16-14-27(15-17-29)20(3)23(30)28-12-8-9-13-28;/h6-7,10-11,19-20H,5,8-9,12-18H2,1-4H3,(H,25,26);1H. The predicted molar refractivity (Wildman–Crippen MR) is 141 cm³/mol. The minimum Gasteiger partial charge on any atom is -0.496 e. The number of rotatable bonds is 7. The second-order valence-electron chi connectivity index (χ2n) is 8.57. The molecule has 2 aliphatic rings. The number of carbonyl (C=O) groups is 1. The van der Waals surface area contributed by atoms with E-state index in [0.717, 1.165) is 70.4 Å². The summed E-state index contributed by atoms with van der Waals surface area (Å²) in [6, 6.07) is 8.13. The Kier molecular flexibility index (Phi) is 11.0. The summed E-state index contributed by atoms with van der Waals surface area (Å²) in [5.74, 6) is 2.43. The van der Waals surface area contributed by atoms with Gasteiger partial charge in [0.25, 0.3) is 0 Å². The summed E-state index contributed by atoms with van der Waals surface area (Å²) in [6.45, 7) is 13.3. The van der Waals surface area contributed by atoms with Gasteiger partial charge in [-0.15, -0.1) is 24.0 Å². The minimum atomic E-state index is -0.0367. The molecule has 2 heterocycles. The topological polar surface area (TPSA) is 60.4 Å². The molecule has 0 aromatic heterocycles. The fourth-order valence-electron chi connectivity index (χ4n) is 4.50. The van der Waals surface area contributed by atoms with Crippen LogP contribution < -0.4 is 10.1 Å². The monoisotopic (exact) mass is 557 g/mol. The first-order chi connectivity index (χ1) is 15.0. The highest BCUT2D eigenvalue weighted by molar-refractivity contribution is 14.0. The van der Waals surface area contributed by atoms with E-state index in [0.29, 0.717) is 6.54 Å². The van der Waals surface area contributed by atoms with Gasteiger partial charge in [0, 0.05) is 58.3 Å². The van der Waals surface area contributed by atoms with Gasteiger partial charge < -0.3 is 19.9 Å². The normalized spacial score (nSPS) is 19.3. The summed E-state index contributed by atoms with van der Waals surface area (Å²) in [5.41, 5.74) is 1.18. The molecule has 1 aromatic carbocycles. The van der Waals surface area contributed by atoms with Crippen molar-refractivity contribution in [3.8, 4) is 5.75 Å². The summed E-state index contributed by atoms with van der Waals surface area (Å²) < 4.78 is 5.52. The molecule has 32 heavy (non-hydrogen) atoms. The number of amides is 1. The Balaban J connectivity index is 0.00000363. The van der Waals surface area contributed by atoms with Crippen LogP contribution in [0.4, 0.5) is 0 Å². The second kappa shape index (κ2) is 13.2. The van der Waals surface area contributed by atoms with E-state index >= 15 is 0 Å². The van der Waals surface area contributed by atoms with E-state index in [2.05, 4.69) is 42.0 Å². The summed E-state index contributed by atoms with van der Waals surface area (Å²) in [4.78, 5) is 24.4. The Bertz CT molecular complexity index is 746. The number of benzene rings is 1. The van der Waals surface area contributed by atoms with E-state index in [1.54, 1.807) is 7.11 Å². The molecule has 8 heteroatoms. The summed E-state index contributed by atoms with van der Waals surface area (Å²) in [5, 5.41) is 3.45. The van der Waals surface area contributed by atoms with Crippen molar-refractivity contribution in [2.24, 2.45) is 4.99 Å². The molecule has 1 amide bonds. The second-order valence-corrected chi connectivity index (χ2v) is 8.57. The lowest BCUT2D eigenvalue weighted by molar-refractivity contribution is -0.135. The van der Waals surface area contributed by atoms with Crippen molar-refractivity contribution in [3.05, 3.63) is 29.8 Å². The Morgan fingerprint density at radius 3 is 2.34 bits per heavy atom. The number of carbonyl (C=O) groups excluding carboxylic acids is 1. The van der Waals surface area contributed by atoms with Crippen LogP contribution in [0.3, 0.4) is 0 Å². The quantitative estimate of drug-likeness (QED) is 0.318. The molecule has 2 atom stereocenters. The number of para-hydroxylation sites is 1. The molecule has 1 aromatic rings. The van der Waals surface area contributed by atoms with Crippen LogP contribution >= 0.6 is 24.0 Å². The van der Waals surface area contributed by atoms with Crippen molar-refractivity contribution in [1.29, 1.82) is 0 Å². The van der Waals surface area contributed by atoms with Crippen LogP contribution in [-0.2, 0) is 4.79 Å². The van der Waals surface area contributed by atoms with E-state index in [1.165, 1.54) is 5.56 Å². The molecule has 0 saturated carbocycles. The van der Waals surface area contributed by atoms with Crippen molar-refractivity contribution in [2.45, 2.75) is 45.6 Å². The molecule has 2 saturated heterocycles. The van der Waals surface area contributed by atoms with E-state index in [4.69, 9.17) is 9.73 Å². The summed E-state index contributed by atoms with van der Waals surface area (Å²) >= 11 is 0. The first kappa shape index (κ1) is 26.7. The molecule has 3 rings (SSSR count). The van der Waals surface area contributed by atoms with Crippen molar-refractivity contribution in [1.82, 2.24) is 20.0 Å². The Labute approximate surface area is 210 Å². The first-order valence-electron chi connectivity index (χ1n) is 11.7. The van der Waals surface area contributed by atoms with Gasteiger partial charge in [0.15, 0.2) is 5.96 Å². The number of halogens is 1. The molecule has 7 nitrogen and oxygen atoms in total. The zero-order chi connectivity index (χ0) is 22.2. The zero-order valence-corrected chi connectivity index (χ0v) is 22.4. The van der Waals surface area contributed by atoms with Gasteiger partial charge in [-0.1, -0.05) is 25.1 Å². The maximum atomic E-state index is 12.8. The molecule has 1 N–H and O–H groups in total. The number of nitrogens with one attached hydrogen (secondary N) is 1. The SMILES string of the molecule is CCNC(=NCC(C)c1ccccc1OC)N1CCN(C(C)C(=O)N2CCCC2)CC1.I. The summed E-state index contributed by atoms with van der Waals surface area (Å²) in [6.07, 6.45) is 2.28. The van der Waals surface area contributed by atoms with Gasteiger partial charge in [-0.05, 0) is 38.3 Å². The third-order valence-electron chi connectivity index (χ3n) is 6.46. The Morgan fingerprint density at radius 2 is 1.72 bits per heavy atom. The van der Waals surface area contributed by atoms with Crippen molar-refractivity contribution in [2.75, 3.05) is 59.5 Å². The van der Waals surface area contributed by atoms with Gasteiger partial charge in [0.05, 0.1) is 13.2 Å². The van der Waals surface area contributed by atoms with Gasteiger partial charge in [0.1, 0.15) is 5.75 Å². The van der Waals surface area contributed by atoms with E-state index in [1.807, 2.05) is 23.1 Å². The largest absolute Gasteiger partial charge is 0.496 e. The van der Waals surface area contributed by atoms with Crippen LogP contribution in [0.1, 0.15) is 45.1 Å². The third-order valence-corrected chi connectivity index (χ3v) is 6.46. The maximum Gasteiger partial charge on any atom is 0.239 e. The number of guanidine groups is 1. The van der Waals surface area contributed by atoms with Crippen LogP contribution in [-0.4, -0.2) is 92.1 Å². The molecule has 2 unspecified atom stereocenters. The van der Waals surface area contributed by atoms with Gasteiger partial charge in [-0.2, -0.15) is 0 Å². The van der Waals surface area contributed by atoms with Crippen LogP contribution in [0.25, 0.3) is 0 Å². The van der Waals surface area contributed by atoms with Gasteiger partial charge in [-0.25, -0.2) is 0 Å². The zero-order valence-electron chi connectivity index (χ0n) is 20.0. The van der Waals surface area contributed by atoms with Crippen LogP contribution in [0.5, 0.6) is 5.75 Å². The number of likely N-dealkylation sites (tertiary alicyclic amines) is 1. The maximum absolute atomic E-state index is 12.8. The van der Waals surface area contributed by atoms with Gasteiger partial charge >= 0.3 is 0 Å². The molecule has 0 spiro atoms. The van der Waals surface area contributed by atoms with E-state index < -0.39 is 0 Å². The molecular weight excluding hydrogens is 517 g/mol. The van der Waals surface area contributed by atoms with Crippen molar-refractivity contribution in [3.63, 3.8) is 0 Å². The highest BCUT2D eigenvalue weighted by Crippen LogP contribution is 2.26. The average molecular weight is 558 g/mol. The number of hydrogen-bond acceptors (Lipinski definition) is 4. The number of hydrogen-bond donors (Lipinski definition) is 1. The van der Waals surface area contributed by atoms with Crippen LogP contribution in [0.2, 0.25) is 0 Å². The number of aliphatic imine (C=N–C) groups is 1. The molecule has 2 fully saturated rings. The smallest absolute Gasteiger partial charge is 0.239 e. The molecule has 0 aliphatic carbocycles. The van der Waals surface area contributed by atoms with E-state index in [9.17, 15) is 4.79 Å². The van der Waals surface area contributed by atoms with Gasteiger partial charge in [0.2, 0.25) is 5.91 Å². The van der Waals surface area contributed by atoms with Gasteiger partial charge in [-0.3, -0.25) is 14.7 Å². The number of methoxy groups -OCH3 is 1. The lowest BCUT2D eigenvalue weighted by atomic mass is 10.0. The summed E-state index contributed by atoms with van der Waals surface area (Å²) in [7, 11) is 1.72. The van der Waals surface area contributed by atoms with Crippen LogP contribution in [0.15, 0.2) is 29.3 Å². The number of ether oxygens (including phenoxy) is 1. The van der Waals surface area contributed by atoms with Crippen molar-refractivity contribution < 1.29 is 9.53 Å². The lowest BCUT2D eigenvalue weighted by Crippen LogP contribution is -2.57. The minimum absolute atomic E-state index is 0. The number of piperazine rings is 1. The first-order valence-corrected chi connectivity index (χ1v) is 11.7. The molecular formula is C24H40IN5O2. The van der Waals surface area contributed by atoms with Crippen LogP contribution in [0, 0.1) is 0 Å². The lowest BCUT2D eigenvalue weighted by Gasteiger charge is -2.39. The Morgan fingerprint density at radius 1 is 1.06 bits per heavy atom. The number of nitrogens with zero attached hydrogens (tertiary/aromatic N) is 4. The molecule has 2 aliphatic heterocycles. The fraction of sp³-hybridized carbons (Fsp3) is 0.667. The molecule has 0 radical (unpaired) electrons. The highest BCUT2D eigenvalue weighted by Gasteiger charge is 2.30.